The van der Waals surface area contributed by atoms with Gasteiger partial charge in [-0.15, -0.1) is 0 Å². The highest BCUT2D eigenvalue weighted by molar-refractivity contribution is 6.00. The highest BCUT2D eigenvalue weighted by atomic mass is 16.6. The van der Waals surface area contributed by atoms with Crippen LogP contribution in [0, 0.1) is 5.21 Å². The first-order valence-corrected chi connectivity index (χ1v) is 11.4. The Hall–Kier alpha value is -2.97. The van der Waals surface area contributed by atoms with E-state index in [0.29, 0.717) is 31.0 Å². The third-order valence-electron chi connectivity index (χ3n) is 7.23. The molecule has 8 heteroatoms. The van der Waals surface area contributed by atoms with Crippen LogP contribution in [0.4, 0.5) is 22.0 Å². The molecule has 4 heterocycles. The van der Waals surface area contributed by atoms with Crippen molar-refractivity contribution in [2.24, 2.45) is 0 Å². The summed E-state index contributed by atoms with van der Waals surface area (Å²) < 4.78 is -0.255. The van der Waals surface area contributed by atoms with E-state index in [9.17, 15) is 14.8 Å². The first kappa shape index (κ1) is 20.9. The lowest BCUT2D eigenvalue weighted by Gasteiger charge is -2.39. The van der Waals surface area contributed by atoms with E-state index < -0.39 is 0 Å². The Balaban J connectivity index is 1.28. The van der Waals surface area contributed by atoms with E-state index in [-0.39, 0.29) is 28.5 Å². The summed E-state index contributed by atoms with van der Waals surface area (Å²) >= 11 is 0. The molecule has 1 aromatic heterocycles. The molecule has 168 valence electrons. The van der Waals surface area contributed by atoms with E-state index in [2.05, 4.69) is 15.6 Å². The molecule has 2 aromatic rings. The van der Waals surface area contributed by atoms with Crippen LogP contribution in [0.5, 0.6) is 0 Å². The molecule has 0 radical (unpaired) electrons. The summed E-state index contributed by atoms with van der Waals surface area (Å²) in [6.45, 7) is 3.72. The van der Waals surface area contributed by atoms with Gasteiger partial charge in [0.05, 0.1) is 18.3 Å². The number of amides is 3. The number of aromatic nitrogens is 1. The number of carbonyl (C=O) groups excluding carboxylic acids is 2. The molecule has 0 aliphatic carbocycles. The van der Waals surface area contributed by atoms with Gasteiger partial charge in [-0.1, -0.05) is 6.07 Å². The third kappa shape index (κ3) is 3.73. The maximum Gasteiger partial charge on any atom is 0.324 e. The quantitative estimate of drug-likeness (QED) is 0.563. The summed E-state index contributed by atoms with van der Waals surface area (Å²) in [4.78, 5) is 30.7. The van der Waals surface area contributed by atoms with E-state index in [1.54, 1.807) is 13.1 Å². The smallest absolute Gasteiger partial charge is 0.324 e. The lowest BCUT2D eigenvalue weighted by molar-refractivity contribution is -0.130. The first-order chi connectivity index (χ1) is 15.4. The molecule has 32 heavy (non-hydrogen) atoms. The number of likely N-dealkylation sites (tertiary alicyclic amines) is 1. The second-order valence-electron chi connectivity index (χ2n) is 9.18. The number of anilines is 2. The van der Waals surface area contributed by atoms with Crippen molar-refractivity contribution in [2.45, 2.75) is 51.0 Å². The van der Waals surface area contributed by atoms with E-state index in [1.165, 1.54) is 0 Å². The molecular formula is C24H29N5O3. The summed E-state index contributed by atoms with van der Waals surface area (Å²) in [5, 5.41) is 19.0. The average molecular weight is 436 g/mol. The summed E-state index contributed by atoms with van der Waals surface area (Å²) in [7, 11) is 0. The van der Waals surface area contributed by atoms with Crippen molar-refractivity contribution in [3.63, 3.8) is 0 Å². The Labute approximate surface area is 187 Å². The van der Waals surface area contributed by atoms with E-state index in [0.717, 1.165) is 49.0 Å². The number of hydroxylamine groups is 2. The van der Waals surface area contributed by atoms with Crippen LogP contribution in [-0.2, 0) is 11.2 Å². The number of pyridine rings is 1. The third-order valence-corrected chi connectivity index (χ3v) is 7.23. The van der Waals surface area contributed by atoms with Crippen LogP contribution >= 0.6 is 0 Å². The minimum Gasteiger partial charge on any atom is -0.627 e. The molecule has 3 unspecified atom stereocenters. The number of rotatable bonds is 3. The zero-order valence-corrected chi connectivity index (χ0v) is 18.3. The van der Waals surface area contributed by atoms with Gasteiger partial charge in [0.15, 0.2) is 0 Å². The molecule has 0 spiro atoms. The predicted molar refractivity (Wildman–Crippen MR) is 124 cm³/mol. The molecule has 3 atom stereocenters. The molecule has 2 N–H and O–H groups in total. The maximum absolute atomic E-state index is 13.2. The number of hydrogen-bond acceptors (Lipinski definition) is 4. The van der Waals surface area contributed by atoms with E-state index >= 15 is 0 Å². The van der Waals surface area contributed by atoms with Crippen LogP contribution in [0.2, 0.25) is 0 Å². The Morgan fingerprint density at radius 2 is 2.06 bits per heavy atom. The van der Waals surface area contributed by atoms with Gasteiger partial charge in [-0.2, -0.15) is 0 Å². The topological polar surface area (TPSA) is 97.4 Å². The van der Waals surface area contributed by atoms with Crippen LogP contribution in [0.15, 0.2) is 36.5 Å². The zero-order valence-electron chi connectivity index (χ0n) is 18.3. The van der Waals surface area contributed by atoms with Crippen molar-refractivity contribution < 1.29 is 9.59 Å². The lowest BCUT2D eigenvalue weighted by atomic mass is 9.91. The molecule has 3 amide bonds. The van der Waals surface area contributed by atoms with Gasteiger partial charge >= 0.3 is 6.03 Å². The van der Waals surface area contributed by atoms with E-state index in [1.807, 2.05) is 35.2 Å². The van der Waals surface area contributed by atoms with Gasteiger partial charge < -0.3 is 20.1 Å². The largest absolute Gasteiger partial charge is 0.627 e. The van der Waals surface area contributed by atoms with Crippen LogP contribution in [-0.4, -0.2) is 47.5 Å². The number of quaternary nitrogens is 1. The molecule has 3 aliphatic rings. The molecule has 2 saturated heterocycles. The van der Waals surface area contributed by atoms with Crippen molar-refractivity contribution >= 4 is 29.1 Å². The Bertz CT molecular complexity index is 1060. The molecular weight excluding hydrogens is 406 g/mol. The first-order valence-electron chi connectivity index (χ1n) is 11.4. The number of benzene rings is 1. The second-order valence-corrected chi connectivity index (χ2v) is 9.18. The average Bonchev–Trinajstić information content (AvgIpc) is 3.28. The molecule has 8 nitrogen and oxygen atoms in total. The van der Waals surface area contributed by atoms with Gasteiger partial charge in [0, 0.05) is 57.0 Å². The van der Waals surface area contributed by atoms with Gasteiger partial charge in [0.2, 0.25) is 5.91 Å². The van der Waals surface area contributed by atoms with Gasteiger partial charge in [-0.05, 0) is 42.7 Å². The predicted octanol–water partition coefficient (Wildman–Crippen LogP) is 3.98. The Morgan fingerprint density at radius 3 is 2.91 bits per heavy atom. The van der Waals surface area contributed by atoms with Gasteiger partial charge in [0.1, 0.15) is 11.5 Å². The zero-order chi connectivity index (χ0) is 22.3. The summed E-state index contributed by atoms with van der Waals surface area (Å²) in [5.41, 5.74) is 3.51. The second kappa shape index (κ2) is 8.18. The number of nitrogens with zero attached hydrogens (tertiary/aromatic N) is 3. The number of fused-ring (bicyclic) bond motifs is 3. The van der Waals surface area contributed by atoms with Crippen LogP contribution in [0.1, 0.15) is 49.7 Å². The number of urea groups is 1. The fraction of sp³-hybridized carbons (Fsp3) is 0.458. The van der Waals surface area contributed by atoms with Crippen molar-refractivity contribution in [1.29, 1.82) is 0 Å². The van der Waals surface area contributed by atoms with Crippen molar-refractivity contribution in [3.05, 3.63) is 52.9 Å². The minimum atomic E-state index is -0.374. The standard InChI is InChI=1S/C24H29N5O3/c1-16(30)28-11-3-5-18(15-28)17-9-10-25-23(13-17)27-24(31)26-21-7-2-8-22-20(21)14-19-6-4-12-29(19,22)32/h2,7-10,13,18-19H,3-6,11-12,14-15H2,1H3,(H2,25,26,27,31). The maximum atomic E-state index is 13.2. The van der Waals surface area contributed by atoms with Crippen LogP contribution in [0.25, 0.3) is 0 Å². The van der Waals surface area contributed by atoms with Gasteiger partial charge in [-0.25, -0.2) is 9.78 Å². The highest BCUT2D eigenvalue weighted by Gasteiger charge is 2.45. The van der Waals surface area contributed by atoms with Crippen molar-refractivity contribution in [3.8, 4) is 0 Å². The number of piperidine rings is 1. The normalized spacial score (nSPS) is 26.4. The summed E-state index contributed by atoms with van der Waals surface area (Å²) in [6.07, 6.45) is 6.26. The fourth-order valence-corrected chi connectivity index (χ4v) is 5.59. The molecule has 3 aliphatic heterocycles. The number of carbonyl (C=O) groups is 2. The highest BCUT2D eigenvalue weighted by Crippen LogP contribution is 2.46. The Morgan fingerprint density at radius 1 is 1.19 bits per heavy atom. The molecule has 1 aromatic carbocycles. The number of nitrogens with one attached hydrogen (secondary N) is 2. The molecule has 0 bridgehead atoms. The Kier molecular flexibility index (Phi) is 5.35. The fourth-order valence-electron chi connectivity index (χ4n) is 5.59. The number of hydrogen-bond donors (Lipinski definition) is 2. The summed E-state index contributed by atoms with van der Waals surface area (Å²) in [5.74, 6) is 0.807. The summed E-state index contributed by atoms with van der Waals surface area (Å²) in [6, 6.07) is 9.13. The SMILES string of the molecule is CC(=O)N1CCCC(c2ccnc(NC(=O)Nc3cccc4c3CC3CCC[N+]43[O-])c2)C1. The minimum absolute atomic E-state index is 0.0689. The molecule has 5 rings (SSSR count). The molecule has 2 fully saturated rings. The van der Waals surface area contributed by atoms with Crippen LogP contribution < -0.4 is 15.3 Å². The monoisotopic (exact) mass is 435 g/mol. The van der Waals surface area contributed by atoms with E-state index in [4.69, 9.17) is 0 Å². The van der Waals surface area contributed by atoms with Crippen LogP contribution in [0.3, 0.4) is 0 Å². The molecule has 0 saturated carbocycles. The van der Waals surface area contributed by atoms with Crippen molar-refractivity contribution in [1.82, 2.24) is 14.5 Å². The lowest BCUT2D eigenvalue weighted by Crippen LogP contribution is -2.44. The van der Waals surface area contributed by atoms with Crippen molar-refractivity contribution in [2.75, 3.05) is 30.3 Å². The van der Waals surface area contributed by atoms with Gasteiger partial charge in [-0.3, -0.25) is 10.1 Å². The van der Waals surface area contributed by atoms with Gasteiger partial charge in [0.25, 0.3) is 0 Å².